The summed E-state index contributed by atoms with van der Waals surface area (Å²) in [5.74, 6) is -0.853. The number of nitrogens with one attached hydrogen (secondary N) is 1. The maximum atomic E-state index is 13.2. The first-order valence-electron chi connectivity index (χ1n) is 9.03. The molecule has 0 radical (unpaired) electrons. The van der Waals surface area contributed by atoms with Crippen LogP contribution in [-0.2, 0) is 9.59 Å². The molecule has 0 saturated carbocycles. The summed E-state index contributed by atoms with van der Waals surface area (Å²) in [4.78, 5) is 43.6. The molecule has 1 N–H and O–H groups in total. The van der Waals surface area contributed by atoms with Gasteiger partial charge in [0.05, 0.1) is 17.9 Å². The third kappa shape index (κ3) is 2.33. The number of amides is 3. The Labute approximate surface area is 155 Å². The van der Waals surface area contributed by atoms with E-state index in [9.17, 15) is 14.4 Å². The number of hydrogen-bond acceptors (Lipinski definition) is 4. The average Bonchev–Trinajstić information content (AvgIpc) is 3.21. The Balaban J connectivity index is 1.69. The van der Waals surface area contributed by atoms with E-state index in [1.54, 1.807) is 11.0 Å². The van der Waals surface area contributed by atoms with Crippen LogP contribution in [0.2, 0.25) is 0 Å². The molecule has 3 aliphatic heterocycles. The lowest BCUT2D eigenvalue weighted by molar-refractivity contribution is -0.137. The van der Waals surface area contributed by atoms with Gasteiger partial charge in [-0.2, -0.15) is 0 Å². The van der Waals surface area contributed by atoms with E-state index in [2.05, 4.69) is 10.3 Å². The van der Waals surface area contributed by atoms with E-state index >= 15 is 0 Å². The highest BCUT2D eigenvalue weighted by molar-refractivity contribution is 6.06. The van der Waals surface area contributed by atoms with E-state index in [4.69, 9.17) is 0 Å². The van der Waals surface area contributed by atoms with Gasteiger partial charge in [0.15, 0.2) is 0 Å². The second-order valence-corrected chi connectivity index (χ2v) is 7.03. The summed E-state index contributed by atoms with van der Waals surface area (Å²) in [6.45, 7) is 0.495. The summed E-state index contributed by atoms with van der Waals surface area (Å²) in [7, 11) is 0. The highest BCUT2D eigenvalue weighted by Crippen LogP contribution is 2.41. The minimum absolute atomic E-state index is 0.165. The number of para-hydroxylation sites is 1. The van der Waals surface area contributed by atoms with Crippen LogP contribution >= 0.6 is 0 Å². The van der Waals surface area contributed by atoms with E-state index in [0.717, 1.165) is 21.7 Å². The summed E-state index contributed by atoms with van der Waals surface area (Å²) in [6, 6.07) is 14.3. The maximum Gasteiger partial charge on any atom is 0.255 e. The number of carbonyl (C=O) groups excluding carboxylic acids is 3. The van der Waals surface area contributed by atoms with E-state index in [1.807, 2.05) is 42.5 Å². The second-order valence-electron chi connectivity index (χ2n) is 7.03. The lowest BCUT2D eigenvalue weighted by atomic mass is 9.95. The van der Waals surface area contributed by atoms with Crippen LogP contribution in [0.4, 0.5) is 0 Å². The Morgan fingerprint density at radius 2 is 1.78 bits per heavy atom. The van der Waals surface area contributed by atoms with E-state index in [-0.39, 0.29) is 24.3 Å². The normalized spacial score (nSPS) is 23.8. The predicted octanol–water partition coefficient (Wildman–Crippen LogP) is 0.473. The molecule has 1 saturated heterocycles. The van der Waals surface area contributed by atoms with Gasteiger partial charge in [-0.3, -0.25) is 24.7 Å². The van der Waals surface area contributed by atoms with Crippen molar-refractivity contribution in [2.75, 3.05) is 6.54 Å². The zero-order valence-electron chi connectivity index (χ0n) is 14.5. The van der Waals surface area contributed by atoms with Gasteiger partial charge in [0, 0.05) is 17.2 Å². The van der Waals surface area contributed by atoms with Crippen molar-refractivity contribution in [3.05, 3.63) is 70.2 Å². The van der Waals surface area contributed by atoms with E-state index in [0.29, 0.717) is 18.5 Å². The van der Waals surface area contributed by atoms with Crippen molar-refractivity contribution in [1.29, 1.82) is 0 Å². The lowest BCUT2D eigenvalue weighted by Gasteiger charge is -2.35. The molecule has 0 bridgehead atoms. The number of imide groups is 1. The monoisotopic (exact) mass is 359 g/mol. The molecule has 2 unspecified atom stereocenters. The van der Waals surface area contributed by atoms with Crippen LogP contribution in [0.15, 0.2) is 53.5 Å². The molecule has 0 aliphatic carbocycles. The molecule has 3 aliphatic rings. The second kappa shape index (κ2) is 5.87. The number of nitrogens with zero attached hydrogens (tertiary/aromatic N) is 2. The first-order chi connectivity index (χ1) is 13.1. The fourth-order valence-corrected chi connectivity index (χ4v) is 4.33. The van der Waals surface area contributed by atoms with Crippen LogP contribution in [0.25, 0.3) is 5.57 Å². The summed E-state index contributed by atoms with van der Waals surface area (Å²) < 4.78 is 0. The smallest absolute Gasteiger partial charge is 0.255 e. The number of rotatable bonds is 2. The van der Waals surface area contributed by atoms with Crippen molar-refractivity contribution in [2.24, 2.45) is 4.99 Å². The molecule has 134 valence electrons. The minimum Gasteiger partial charge on any atom is -0.316 e. The molecule has 1 fully saturated rings. The summed E-state index contributed by atoms with van der Waals surface area (Å²) in [5, 5.41) is 4.31. The molecule has 0 spiro atoms. The van der Waals surface area contributed by atoms with Gasteiger partial charge in [-0.1, -0.05) is 36.4 Å². The van der Waals surface area contributed by atoms with Gasteiger partial charge in [-0.05, 0) is 29.7 Å². The topological polar surface area (TPSA) is 78.8 Å². The first-order valence-corrected chi connectivity index (χ1v) is 9.03. The fourth-order valence-electron chi connectivity index (χ4n) is 4.33. The van der Waals surface area contributed by atoms with E-state index < -0.39 is 11.9 Å². The number of carbonyl (C=O) groups is 3. The van der Waals surface area contributed by atoms with Crippen molar-refractivity contribution in [3.63, 3.8) is 0 Å². The van der Waals surface area contributed by atoms with Crippen molar-refractivity contribution >= 4 is 23.3 Å². The van der Waals surface area contributed by atoms with Crippen LogP contribution in [0, 0.1) is 0 Å². The molecular formula is C21H17N3O3. The van der Waals surface area contributed by atoms with Gasteiger partial charge in [0.1, 0.15) is 6.04 Å². The highest BCUT2D eigenvalue weighted by atomic mass is 16.2. The van der Waals surface area contributed by atoms with Crippen molar-refractivity contribution in [3.8, 4) is 0 Å². The number of hydrogen-bond donors (Lipinski definition) is 1. The molecular weight excluding hydrogens is 342 g/mol. The number of fused-ring (bicyclic) bond motifs is 2. The van der Waals surface area contributed by atoms with Crippen LogP contribution in [0.3, 0.4) is 0 Å². The third-order valence-electron chi connectivity index (χ3n) is 5.54. The largest absolute Gasteiger partial charge is 0.316 e. The molecule has 5 rings (SSSR count). The Kier molecular flexibility index (Phi) is 3.47. The van der Waals surface area contributed by atoms with Crippen LogP contribution in [0.1, 0.15) is 34.8 Å². The molecule has 6 nitrogen and oxygen atoms in total. The van der Waals surface area contributed by atoms with Crippen LogP contribution < -0.4 is 15.9 Å². The van der Waals surface area contributed by atoms with E-state index in [1.165, 1.54) is 0 Å². The maximum absolute atomic E-state index is 13.2. The summed E-state index contributed by atoms with van der Waals surface area (Å²) in [5.41, 5.74) is 2.53. The van der Waals surface area contributed by atoms with Gasteiger partial charge in [-0.25, -0.2) is 0 Å². The van der Waals surface area contributed by atoms with Gasteiger partial charge >= 0.3 is 0 Å². The first kappa shape index (κ1) is 15.9. The number of benzene rings is 2. The highest BCUT2D eigenvalue weighted by Gasteiger charge is 2.46. The quantitative estimate of drug-likeness (QED) is 0.792. The third-order valence-corrected chi connectivity index (χ3v) is 5.54. The molecule has 3 heterocycles. The van der Waals surface area contributed by atoms with Crippen molar-refractivity contribution in [1.82, 2.24) is 10.2 Å². The standard InChI is InChI=1S/C21H17N3O3/c25-18-10-9-17(20(26)23-18)24-19(13-6-1-2-7-14(13)21(24)27)15-11-22-16-8-4-3-5-12(15)16/h1-8,17,19H,9-11H2,(H,23,25,26). The SMILES string of the molecule is O=C1CCC(N2C(=O)c3ccccc3C2C2=c3ccccc3=NC2)C(=O)N1. The van der Waals surface area contributed by atoms with Crippen LogP contribution in [0.5, 0.6) is 0 Å². The molecule has 2 aromatic carbocycles. The van der Waals surface area contributed by atoms with Gasteiger partial charge in [0.25, 0.3) is 5.91 Å². The molecule has 0 aromatic heterocycles. The Bertz CT molecular complexity index is 1120. The lowest BCUT2D eigenvalue weighted by Crippen LogP contribution is -2.54. The molecule has 27 heavy (non-hydrogen) atoms. The Morgan fingerprint density at radius 1 is 1.00 bits per heavy atom. The Morgan fingerprint density at radius 3 is 2.63 bits per heavy atom. The zero-order valence-corrected chi connectivity index (χ0v) is 14.5. The summed E-state index contributed by atoms with van der Waals surface area (Å²) >= 11 is 0. The van der Waals surface area contributed by atoms with Gasteiger partial charge in [0.2, 0.25) is 11.8 Å². The molecule has 2 aromatic rings. The number of piperidine rings is 1. The summed E-state index contributed by atoms with van der Waals surface area (Å²) in [6.07, 6.45) is 0.576. The van der Waals surface area contributed by atoms with Crippen molar-refractivity contribution in [2.45, 2.75) is 24.9 Å². The van der Waals surface area contributed by atoms with Crippen molar-refractivity contribution < 1.29 is 14.4 Å². The molecule has 2 atom stereocenters. The molecule has 6 heteroatoms. The van der Waals surface area contributed by atoms with Gasteiger partial charge < -0.3 is 4.90 Å². The average molecular weight is 359 g/mol. The zero-order chi connectivity index (χ0) is 18.5. The van der Waals surface area contributed by atoms with Crippen LogP contribution in [-0.4, -0.2) is 35.2 Å². The minimum atomic E-state index is -0.659. The van der Waals surface area contributed by atoms with Gasteiger partial charge in [-0.15, -0.1) is 0 Å². The predicted molar refractivity (Wildman–Crippen MR) is 97.0 cm³/mol. The fraction of sp³-hybridized carbons (Fsp3) is 0.238. The molecule has 3 amide bonds. The Hall–Kier alpha value is -3.28.